The summed E-state index contributed by atoms with van der Waals surface area (Å²) >= 11 is 0. The van der Waals surface area contributed by atoms with Gasteiger partial charge in [-0.1, -0.05) is 36.4 Å². The molecule has 2 aliphatic rings. The zero-order valence-electron chi connectivity index (χ0n) is 15.9. The SMILES string of the molecule is CC1=C(C(=O)Nc2c(F)cccc2F)C(c2ccccc2)C2=C(CCCC2=O)N1. The maximum absolute atomic E-state index is 14.1. The lowest BCUT2D eigenvalue weighted by molar-refractivity contribution is -0.116. The number of Topliss-reactive ketones (excluding diaryl/α,β-unsaturated/α-hetero) is 1. The smallest absolute Gasteiger partial charge is 0.254 e. The first-order chi connectivity index (χ1) is 14.0. The van der Waals surface area contributed by atoms with Gasteiger partial charge in [-0.25, -0.2) is 8.78 Å². The highest BCUT2D eigenvalue weighted by Gasteiger charge is 2.38. The predicted molar refractivity (Wildman–Crippen MR) is 106 cm³/mol. The Bertz CT molecular complexity index is 1040. The lowest BCUT2D eigenvalue weighted by atomic mass is 9.75. The minimum Gasteiger partial charge on any atom is -0.362 e. The summed E-state index contributed by atoms with van der Waals surface area (Å²) in [5.74, 6) is -2.95. The molecule has 0 fully saturated rings. The molecule has 148 valence electrons. The molecule has 2 aromatic rings. The van der Waals surface area contributed by atoms with Gasteiger partial charge in [-0.2, -0.15) is 0 Å². The molecule has 0 spiro atoms. The van der Waals surface area contributed by atoms with Crippen molar-refractivity contribution in [1.29, 1.82) is 0 Å². The summed E-state index contributed by atoms with van der Waals surface area (Å²) in [4.78, 5) is 26.0. The molecular weight excluding hydrogens is 374 g/mol. The van der Waals surface area contributed by atoms with Crippen LogP contribution in [0.3, 0.4) is 0 Å². The van der Waals surface area contributed by atoms with Gasteiger partial charge in [0.1, 0.15) is 17.3 Å². The van der Waals surface area contributed by atoms with E-state index in [1.54, 1.807) is 6.92 Å². The van der Waals surface area contributed by atoms with Crippen LogP contribution in [0.5, 0.6) is 0 Å². The number of benzene rings is 2. The molecule has 0 radical (unpaired) electrons. The van der Waals surface area contributed by atoms with Gasteiger partial charge in [0, 0.05) is 34.9 Å². The number of halogens is 2. The molecule has 0 bridgehead atoms. The molecule has 0 saturated heterocycles. The van der Waals surface area contributed by atoms with Gasteiger partial charge in [-0.3, -0.25) is 9.59 Å². The van der Waals surface area contributed by atoms with Crippen LogP contribution in [0, 0.1) is 11.6 Å². The first-order valence-electron chi connectivity index (χ1n) is 9.51. The summed E-state index contributed by atoms with van der Waals surface area (Å²) < 4.78 is 28.2. The summed E-state index contributed by atoms with van der Waals surface area (Å²) in [5, 5.41) is 5.55. The molecule has 2 aromatic carbocycles. The van der Waals surface area contributed by atoms with Crippen molar-refractivity contribution in [2.75, 3.05) is 5.32 Å². The summed E-state index contributed by atoms with van der Waals surface area (Å²) in [5.41, 5.74) is 2.53. The van der Waals surface area contributed by atoms with Gasteiger partial charge >= 0.3 is 0 Å². The van der Waals surface area contributed by atoms with Crippen molar-refractivity contribution >= 4 is 17.4 Å². The molecule has 1 unspecified atom stereocenters. The van der Waals surface area contributed by atoms with Gasteiger partial charge < -0.3 is 10.6 Å². The second kappa shape index (κ2) is 7.62. The normalized spacial score (nSPS) is 19.0. The lowest BCUT2D eigenvalue weighted by Crippen LogP contribution is -2.35. The number of allylic oxidation sites excluding steroid dienone is 3. The van der Waals surface area contributed by atoms with Crippen molar-refractivity contribution in [3.63, 3.8) is 0 Å². The second-order valence-corrected chi connectivity index (χ2v) is 7.23. The zero-order valence-corrected chi connectivity index (χ0v) is 15.9. The van der Waals surface area contributed by atoms with Crippen LogP contribution >= 0.6 is 0 Å². The minimum absolute atomic E-state index is 0.0116. The van der Waals surface area contributed by atoms with Crippen LogP contribution in [-0.4, -0.2) is 11.7 Å². The van der Waals surface area contributed by atoms with Gasteiger partial charge in [-0.05, 0) is 37.5 Å². The van der Waals surface area contributed by atoms with E-state index in [2.05, 4.69) is 10.6 Å². The van der Waals surface area contributed by atoms with E-state index < -0.39 is 29.1 Å². The van der Waals surface area contributed by atoms with Gasteiger partial charge in [0.15, 0.2) is 5.78 Å². The average Bonchev–Trinajstić information content (AvgIpc) is 2.70. The van der Waals surface area contributed by atoms with Crippen molar-refractivity contribution in [1.82, 2.24) is 5.32 Å². The van der Waals surface area contributed by atoms with Crippen LogP contribution in [0.4, 0.5) is 14.5 Å². The Morgan fingerprint density at radius 2 is 1.72 bits per heavy atom. The lowest BCUT2D eigenvalue weighted by Gasteiger charge is -2.34. The molecule has 4 nitrogen and oxygen atoms in total. The Morgan fingerprint density at radius 1 is 1.03 bits per heavy atom. The molecule has 4 rings (SSSR count). The number of carbonyl (C=O) groups excluding carboxylic acids is 2. The highest BCUT2D eigenvalue weighted by atomic mass is 19.1. The van der Waals surface area contributed by atoms with Crippen molar-refractivity contribution in [2.45, 2.75) is 32.1 Å². The van der Waals surface area contributed by atoms with Crippen LogP contribution in [0.15, 0.2) is 71.1 Å². The molecule has 29 heavy (non-hydrogen) atoms. The summed E-state index contributed by atoms with van der Waals surface area (Å²) in [6.45, 7) is 1.74. The van der Waals surface area contributed by atoms with Crippen molar-refractivity contribution in [3.8, 4) is 0 Å². The van der Waals surface area contributed by atoms with Gasteiger partial charge in [0.25, 0.3) is 5.91 Å². The summed E-state index contributed by atoms with van der Waals surface area (Å²) in [6, 6.07) is 12.6. The van der Waals surface area contributed by atoms with E-state index in [4.69, 9.17) is 0 Å². The molecule has 1 aliphatic carbocycles. The molecule has 1 heterocycles. The molecule has 1 amide bonds. The number of para-hydroxylation sites is 1. The number of rotatable bonds is 3. The van der Waals surface area contributed by atoms with E-state index in [0.717, 1.165) is 36.2 Å². The first kappa shape index (κ1) is 19.1. The number of anilines is 1. The van der Waals surface area contributed by atoms with Crippen LogP contribution in [-0.2, 0) is 9.59 Å². The Morgan fingerprint density at radius 3 is 2.41 bits per heavy atom. The third-order valence-electron chi connectivity index (χ3n) is 5.35. The van der Waals surface area contributed by atoms with Gasteiger partial charge in [0.2, 0.25) is 0 Å². The standard InChI is InChI=1S/C23H20F2N2O2/c1-13-19(23(29)27-22-15(24)9-5-10-16(22)25)20(14-7-3-2-4-8-14)21-17(26-13)11-6-12-18(21)28/h2-5,7-10,20,26H,6,11-12H2,1H3,(H,27,29). The van der Waals surface area contributed by atoms with E-state index in [-0.39, 0.29) is 11.4 Å². The van der Waals surface area contributed by atoms with Crippen LogP contribution in [0.25, 0.3) is 0 Å². The molecule has 6 heteroatoms. The monoisotopic (exact) mass is 394 g/mol. The molecule has 2 N–H and O–H groups in total. The van der Waals surface area contributed by atoms with Crippen LogP contribution < -0.4 is 10.6 Å². The summed E-state index contributed by atoms with van der Waals surface area (Å²) in [6.07, 6.45) is 1.89. The van der Waals surface area contributed by atoms with Crippen molar-refractivity contribution in [3.05, 3.63) is 88.3 Å². The number of nitrogens with one attached hydrogen (secondary N) is 2. The number of ketones is 1. The van der Waals surface area contributed by atoms with Crippen LogP contribution in [0.2, 0.25) is 0 Å². The van der Waals surface area contributed by atoms with E-state index >= 15 is 0 Å². The quantitative estimate of drug-likeness (QED) is 0.802. The molecule has 1 atom stereocenters. The highest BCUT2D eigenvalue weighted by Crippen LogP contribution is 2.42. The Kier molecular flexibility index (Phi) is 5.01. The fraction of sp³-hybridized carbons (Fsp3) is 0.217. The third-order valence-corrected chi connectivity index (χ3v) is 5.35. The number of amides is 1. The van der Waals surface area contributed by atoms with E-state index in [1.807, 2.05) is 30.3 Å². The Balaban J connectivity index is 1.80. The van der Waals surface area contributed by atoms with E-state index in [1.165, 1.54) is 6.07 Å². The maximum atomic E-state index is 14.1. The van der Waals surface area contributed by atoms with Crippen molar-refractivity contribution < 1.29 is 18.4 Å². The average molecular weight is 394 g/mol. The fourth-order valence-corrected chi connectivity index (χ4v) is 4.06. The molecular formula is C23H20F2N2O2. The highest BCUT2D eigenvalue weighted by molar-refractivity contribution is 6.09. The van der Waals surface area contributed by atoms with E-state index in [0.29, 0.717) is 17.7 Å². The number of carbonyl (C=O) groups is 2. The maximum Gasteiger partial charge on any atom is 0.254 e. The molecule has 0 aromatic heterocycles. The third kappa shape index (κ3) is 3.46. The van der Waals surface area contributed by atoms with Gasteiger partial charge in [0.05, 0.1) is 0 Å². The van der Waals surface area contributed by atoms with Gasteiger partial charge in [-0.15, -0.1) is 0 Å². The first-order valence-corrected chi connectivity index (χ1v) is 9.51. The minimum atomic E-state index is -0.856. The van der Waals surface area contributed by atoms with Crippen molar-refractivity contribution in [2.24, 2.45) is 0 Å². The zero-order chi connectivity index (χ0) is 20.5. The largest absolute Gasteiger partial charge is 0.362 e. The number of hydrogen-bond donors (Lipinski definition) is 2. The number of dihydropyridines is 1. The summed E-state index contributed by atoms with van der Waals surface area (Å²) in [7, 11) is 0. The van der Waals surface area contributed by atoms with E-state index in [9.17, 15) is 18.4 Å². The second-order valence-electron chi connectivity index (χ2n) is 7.23. The molecule has 1 aliphatic heterocycles. The van der Waals surface area contributed by atoms with Crippen LogP contribution in [0.1, 0.15) is 37.7 Å². The molecule has 0 saturated carbocycles. The Labute approximate surface area is 167 Å². The topological polar surface area (TPSA) is 58.2 Å². The fourth-order valence-electron chi connectivity index (χ4n) is 4.06. The predicted octanol–water partition coefficient (Wildman–Crippen LogP) is 4.57. The Hall–Kier alpha value is -3.28. The number of hydrogen-bond acceptors (Lipinski definition) is 3.